The summed E-state index contributed by atoms with van der Waals surface area (Å²) in [6.07, 6.45) is -1.01. The van der Waals surface area contributed by atoms with E-state index in [1.54, 1.807) is 6.07 Å². The summed E-state index contributed by atoms with van der Waals surface area (Å²) in [5, 5.41) is 10.5. The van der Waals surface area contributed by atoms with Crippen LogP contribution in [-0.2, 0) is 4.74 Å². The number of nitrogens with zero attached hydrogens (tertiary/aromatic N) is 1. The van der Waals surface area contributed by atoms with Gasteiger partial charge < -0.3 is 15.2 Å². The molecule has 0 heterocycles. The van der Waals surface area contributed by atoms with Crippen molar-refractivity contribution in [3.63, 3.8) is 0 Å². The van der Waals surface area contributed by atoms with E-state index in [0.717, 1.165) is 0 Å². The van der Waals surface area contributed by atoms with Crippen molar-refractivity contribution in [2.45, 2.75) is 0 Å². The molecule has 15 heavy (non-hydrogen) atoms. The second-order valence-corrected chi connectivity index (χ2v) is 2.45. The second-order valence-electron chi connectivity index (χ2n) is 2.45. The Bertz CT molecular complexity index is 379. The molecule has 0 unspecified atom stereocenters. The van der Waals surface area contributed by atoms with Crippen LogP contribution in [0, 0.1) is 10.1 Å². The van der Waals surface area contributed by atoms with Gasteiger partial charge in [0.1, 0.15) is 0 Å². The third-order valence-electron chi connectivity index (χ3n) is 1.48. The minimum absolute atomic E-state index is 0.0174. The van der Waals surface area contributed by atoms with Gasteiger partial charge in [-0.25, -0.2) is 4.79 Å². The largest absolute Gasteiger partial charge is 0.450 e. The standard InChI is InChI=1S/C8H8N2O5/c9-8(11)15-5-14-7-4-2-1-3-6(7)10(12)13/h1-4H,5H2,(H2,9,11). The number of ether oxygens (including phenoxy) is 2. The van der Waals surface area contributed by atoms with Crippen molar-refractivity contribution in [2.24, 2.45) is 5.73 Å². The first-order chi connectivity index (χ1) is 7.11. The molecule has 0 saturated carbocycles. The number of amides is 1. The maximum absolute atomic E-state index is 10.5. The van der Waals surface area contributed by atoms with Gasteiger partial charge in [0.25, 0.3) is 0 Å². The van der Waals surface area contributed by atoms with Crippen LogP contribution >= 0.6 is 0 Å². The molecular formula is C8H8N2O5. The van der Waals surface area contributed by atoms with Gasteiger partial charge in [0, 0.05) is 6.07 Å². The highest BCUT2D eigenvalue weighted by atomic mass is 16.7. The second kappa shape index (κ2) is 4.80. The zero-order chi connectivity index (χ0) is 11.3. The highest BCUT2D eigenvalue weighted by molar-refractivity contribution is 5.64. The molecule has 1 aromatic rings. The molecule has 80 valence electrons. The van der Waals surface area contributed by atoms with E-state index in [-0.39, 0.29) is 11.4 Å². The number of para-hydroxylation sites is 2. The van der Waals surface area contributed by atoms with Gasteiger partial charge >= 0.3 is 11.8 Å². The monoisotopic (exact) mass is 212 g/mol. The maximum atomic E-state index is 10.5. The van der Waals surface area contributed by atoms with Crippen LogP contribution in [0.2, 0.25) is 0 Å². The van der Waals surface area contributed by atoms with Crippen LogP contribution in [0.4, 0.5) is 10.5 Å². The fourth-order valence-corrected chi connectivity index (χ4v) is 0.881. The fourth-order valence-electron chi connectivity index (χ4n) is 0.881. The van der Waals surface area contributed by atoms with Crippen LogP contribution in [0.3, 0.4) is 0 Å². The van der Waals surface area contributed by atoms with Crippen LogP contribution in [0.25, 0.3) is 0 Å². The van der Waals surface area contributed by atoms with Gasteiger partial charge in [-0.1, -0.05) is 12.1 Å². The molecule has 2 N–H and O–H groups in total. The number of nitro groups is 1. The number of carbonyl (C=O) groups excluding carboxylic acids is 1. The number of primary amides is 1. The Morgan fingerprint density at radius 3 is 2.73 bits per heavy atom. The Labute approximate surface area is 84.5 Å². The molecule has 0 saturated heterocycles. The zero-order valence-electron chi connectivity index (χ0n) is 7.58. The van der Waals surface area contributed by atoms with E-state index in [4.69, 9.17) is 4.74 Å². The van der Waals surface area contributed by atoms with Crippen molar-refractivity contribution in [1.82, 2.24) is 0 Å². The molecule has 0 aliphatic rings. The minimum Gasteiger partial charge on any atom is -0.450 e. The predicted octanol–water partition coefficient (Wildman–Crippen LogP) is 1.03. The maximum Gasteiger partial charge on any atom is 0.407 e. The molecule has 7 heteroatoms. The van der Waals surface area contributed by atoms with Gasteiger partial charge in [0.15, 0.2) is 0 Å². The van der Waals surface area contributed by atoms with Gasteiger partial charge in [-0.2, -0.15) is 0 Å². The summed E-state index contributed by atoms with van der Waals surface area (Å²) in [4.78, 5) is 20.1. The molecule has 0 bridgehead atoms. The molecule has 0 spiro atoms. The first-order valence-electron chi connectivity index (χ1n) is 3.89. The van der Waals surface area contributed by atoms with E-state index < -0.39 is 17.8 Å². The van der Waals surface area contributed by atoms with E-state index in [0.29, 0.717) is 0 Å². The summed E-state index contributed by atoms with van der Waals surface area (Å²) in [7, 11) is 0. The normalized spacial score (nSPS) is 9.33. The zero-order valence-corrected chi connectivity index (χ0v) is 7.58. The third-order valence-corrected chi connectivity index (χ3v) is 1.48. The number of nitrogens with two attached hydrogens (primary N) is 1. The van der Waals surface area contributed by atoms with E-state index in [9.17, 15) is 14.9 Å². The summed E-state index contributed by atoms with van der Waals surface area (Å²) >= 11 is 0. The van der Waals surface area contributed by atoms with Crippen molar-refractivity contribution in [3.05, 3.63) is 34.4 Å². The molecular weight excluding hydrogens is 204 g/mol. The molecule has 0 fully saturated rings. The lowest BCUT2D eigenvalue weighted by Gasteiger charge is -2.05. The van der Waals surface area contributed by atoms with Crippen molar-refractivity contribution in [3.8, 4) is 5.75 Å². The molecule has 1 aromatic carbocycles. The average Bonchev–Trinajstić information content (AvgIpc) is 2.17. The quantitative estimate of drug-likeness (QED) is 0.455. The van der Waals surface area contributed by atoms with Crippen LogP contribution < -0.4 is 10.5 Å². The Balaban J connectivity index is 2.67. The summed E-state index contributed by atoms with van der Waals surface area (Å²) in [5.41, 5.74) is 4.48. The smallest absolute Gasteiger partial charge is 0.407 e. The Kier molecular flexibility index (Phi) is 3.44. The first kappa shape index (κ1) is 10.8. The highest BCUT2D eigenvalue weighted by Crippen LogP contribution is 2.25. The van der Waals surface area contributed by atoms with Crippen molar-refractivity contribution in [2.75, 3.05) is 6.79 Å². The van der Waals surface area contributed by atoms with Gasteiger partial charge in [-0.15, -0.1) is 0 Å². The SMILES string of the molecule is NC(=O)OCOc1ccccc1[N+](=O)[O-]. The average molecular weight is 212 g/mol. The number of rotatable bonds is 4. The summed E-state index contributed by atoms with van der Waals surface area (Å²) in [6.45, 7) is -0.458. The molecule has 0 aliphatic heterocycles. The van der Waals surface area contributed by atoms with Crippen LogP contribution in [0.1, 0.15) is 0 Å². The Morgan fingerprint density at radius 2 is 2.13 bits per heavy atom. The number of carbonyl (C=O) groups is 1. The van der Waals surface area contributed by atoms with E-state index in [2.05, 4.69) is 10.5 Å². The van der Waals surface area contributed by atoms with Gasteiger partial charge in [0.05, 0.1) is 4.92 Å². The van der Waals surface area contributed by atoms with Crippen molar-refractivity contribution in [1.29, 1.82) is 0 Å². The lowest BCUT2D eigenvalue weighted by Crippen LogP contribution is -2.16. The number of benzene rings is 1. The van der Waals surface area contributed by atoms with E-state index >= 15 is 0 Å². The molecule has 0 aromatic heterocycles. The van der Waals surface area contributed by atoms with Crippen LogP contribution in [-0.4, -0.2) is 17.8 Å². The molecule has 0 atom stereocenters. The van der Waals surface area contributed by atoms with Crippen LogP contribution in [0.15, 0.2) is 24.3 Å². The predicted molar refractivity (Wildman–Crippen MR) is 49.3 cm³/mol. The van der Waals surface area contributed by atoms with Crippen molar-refractivity contribution < 1.29 is 19.2 Å². The molecule has 1 amide bonds. The summed E-state index contributed by atoms with van der Waals surface area (Å²) in [6, 6.07) is 5.73. The lowest BCUT2D eigenvalue weighted by molar-refractivity contribution is -0.386. The lowest BCUT2D eigenvalue weighted by atomic mass is 10.3. The minimum atomic E-state index is -1.01. The van der Waals surface area contributed by atoms with E-state index in [1.807, 2.05) is 0 Å². The van der Waals surface area contributed by atoms with Crippen molar-refractivity contribution >= 4 is 11.8 Å². The third kappa shape index (κ3) is 3.14. The molecule has 1 rings (SSSR count). The van der Waals surface area contributed by atoms with Crippen LogP contribution in [0.5, 0.6) is 5.75 Å². The number of hydrogen-bond acceptors (Lipinski definition) is 5. The Hall–Kier alpha value is -2.31. The highest BCUT2D eigenvalue weighted by Gasteiger charge is 2.13. The number of nitro benzene ring substituents is 1. The molecule has 0 aliphatic carbocycles. The fraction of sp³-hybridized carbons (Fsp3) is 0.125. The molecule has 7 nitrogen and oxygen atoms in total. The Morgan fingerprint density at radius 1 is 1.47 bits per heavy atom. The summed E-state index contributed by atoms with van der Waals surface area (Å²) < 4.78 is 9.12. The van der Waals surface area contributed by atoms with Gasteiger partial charge in [0.2, 0.25) is 12.5 Å². The number of hydrogen-bond donors (Lipinski definition) is 1. The molecule has 0 radical (unpaired) electrons. The first-order valence-corrected chi connectivity index (χ1v) is 3.89. The van der Waals surface area contributed by atoms with Gasteiger partial charge in [-0.3, -0.25) is 10.1 Å². The van der Waals surface area contributed by atoms with Gasteiger partial charge in [-0.05, 0) is 6.07 Å². The van der Waals surface area contributed by atoms with E-state index in [1.165, 1.54) is 18.2 Å². The topological polar surface area (TPSA) is 105 Å². The summed E-state index contributed by atoms with van der Waals surface area (Å²) in [5.74, 6) is 0.0174.